The molecule has 1 aliphatic rings. The Labute approximate surface area is 140 Å². The number of aryl methyl sites for hydroxylation is 1. The van der Waals surface area contributed by atoms with E-state index in [4.69, 9.17) is 0 Å². The number of rotatable bonds is 0. The molecule has 2 rings (SSSR count). The van der Waals surface area contributed by atoms with Gasteiger partial charge in [0.15, 0.2) is 5.78 Å². The molecule has 0 atom stereocenters. The summed E-state index contributed by atoms with van der Waals surface area (Å²) in [5.41, 5.74) is 2.07. The zero-order chi connectivity index (χ0) is 15.7. The van der Waals surface area contributed by atoms with Gasteiger partial charge in [-0.25, -0.2) is 0 Å². The van der Waals surface area contributed by atoms with Crippen LogP contribution < -0.4 is 6.15 Å². The van der Waals surface area contributed by atoms with Gasteiger partial charge in [-0.2, -0.15) is 0 Å². The Morgan fingerprint density at radius 3 is 2.55 bits per heavy atom. The fraction of sp³-hybridized carbons (Fsp3) is 0.176. The van der Waals surface area contributed by atoms with E-state index in [0.29, 0.717) is 6.42 Å². The summed E-state index contributed by atoms with van der Waals surface area (Å²) in [6.45, 7) is 3.66. The third-order valence-corrected chi connectivity index (χ3v) is 3.51. The summed E-state index contributed by atoms with van der Waals surface area (Å²) in [7, 11) is 0. The van der Waals surface area contributed by atoms with Crippen molar-refractivity contribution in [2.24, 2.45) is 0 Å². The highest BCUT2D eigenvalue weighted by Gasteiger charge is 2.16. The summed E-state index contributed by atoms with van der Waals surface area (Å²) < 4.78 is 0. The van der Waals surface area contributed by atoms with Gasteiger partial charge in [-0.15, -0.1) is 11.3 Å². The van der Waals surface area contributed by atoms with E-state index in [0.717, 1.165) is 16.0 Å². The highest BCUT2D eigenvalue weighted by atomic mass is 32.1. The van der Waals surface area contributed by atoms with Crippen molar-refractivity contribution in [3.63, 3.8) is 0 Å². The molecule has 1 aromatic rings. The van der Waals surface area contributed by atoms with Crippen LogP contribution in [0.4, 0.5) is 0 Å². The monoisotopic (exact) mass is 329 g/mol. The molecule has 1 aliphatic carbocycles. The number of ketones is 1. The van der Waals surface area contributed by atoms with Crippen LogP contribution in [-0.4, -0.2) is 10.9 Å². The summed E-state index contributed by atoms with van der Waals surface area (Å²) >= 11 is 5.05. The van der Waals surface area contributed by atoms with Gasteiger partial charge in [-0.1, -0.05) is 24.6 Å². The maximum absolute atomic E-state index is 11.3. The maximum atomic E-state index is 11.3. The van der Waals surface area contributed by atoms with Gasteiger partial charge in [-0.05, 0) is 60.5 Å². The molecule has 0 fully saturated rings. The van der Waals surface area contributed by atoms with Gasteiger partial charge in [0.1, 0.15) is 0 Å². The standard InChI is InChI=1S/C9H8OS.C8H4OS.H3N/c1-6-5-11-8-4-2-3-7(10)9(6)8;1-2-3-4-5-6-7-8(9)10;/h2,4-5H,3H2,1H3;1H3,(H,9,10);1H3. The van der Waals surface area contributed by atoms with Crippen molar-refractivity contribution in [2.45, 2.75) is 20.3 Å². The number of thiol groups is 1. The lowest BCUT2D eigenvalue weighted by Crippen LogP contribution is -2.02. The number of carbonyl (C=O) groups is 2. The molecular weight excluding hydrogens is 314 g/mol. The van der Waals surface area contributed by atoms with Crippen molar-refractivity contribution in [2.75, 3.05) is 0 Å². The first-order valence-corrected chi connectivity index (χ1v) is 7.32. The highest BCUT2D eigenvalue weighted by molar-refractivity contribution is 7.97. The van der Waals surface area contributed by atoms with Crippen molar-refractivity contribution < 1.29 is 9.59 Å². The Kier molecular flexibility index (Phi) is 9.43. The van der Waals surface area contributed by atoms with Crippen LogP contribution in [0.25, 0.3) is 6.08 Å². The largest absolute Gasteiger partial charge is 0.344 e. The summed E-state index contributed by atoms with van der Waals surface area (Å²) in [4.78, 5) is 22.5. The molecule has 0 amide bonds. The van der Waals surface area contributed by atoms with Gasteiger partial charge < -0.3 is 6.15 Å². The van der Waals surface area contributed by atoms with Gasteiger partial charge in [0.2, 0.25) is 0 Å². The number of thiophene rings is 1. The average molecular weight is 329 g/mol. The van der Waals surface area contributed by atoms with Crippen LogP contribution in [0.2, 0.25) is 0 Å². The molecule has 0 aromatic carbocycles. The van der Waals surface area contributed by atoms with Crippen LogP contribution in [0.3, 0.4) is 0 Å². The van der Waals surface area contributed by atoms with Crippen LogP contribution in [0.1, 0.15) is 34.1 Å². The minimum Gasteiger partial charge on any atom is -0.344 e. The number of allylic oxidation sites excluding steroid dienone is 1. The first-order chi connectivity index (χ1) is 10.1. The van der Waals surface area contributed by atoms with Crippen molar-refractivity contribution in [3.8, 4) is 35.5 Å². The Balaban J connectivity index is 0.000000387. The number of carbonyl (C=O) groups excluding carboxylic acids is 2. The molecule has 0 saturated heterocycles. The number of hydrogen-bond donors (Lipinski definition) is 2. The molecule has 3 N–H and O–H groups in total. The van der Waals surface area contributed by atoms with E-state index in [2.05, 4.69) is 48.2 Å². The van der Waals surface area contributed by atoms with Crippen LogP contribution >= 0.6 is 24.0 Å². The Bertz CT molecular complexity index is 769. The second-order valence-corrected chi connectivity index (χ2v) is 5.19. The third-order valence-electron chi connectivity index (χ3n) is 2.34. The summed E-state index contributed by atoms with van der Waals surface area (Å²) in [6.07, 6.45) is 4.54. The predicted octanol–water partition coefficient (Wildman–Crippen LogP) is 3.29. The van der Waals surface area contributed by atoms with Gasteiger partial charge in [0.05, 0.1) is 0 Å². The maximum Gasteiger partial charge on any atom is 0.260 e. The van der Waals surface area contributed by atoms with Gasteiger partial charge >= 0.3 is 0 Å². The lowest BCUT2D eigenvalue weighted by atomic mass is 10.0. The van der Waals surface area contributed by atoms with Gasteiger partial charge in [0.25, 0.3) is 5.12 Å². The molecule has 0 aliphatic heterocycles. The van der Waals surface area contributed by atoms with Crippen LogP contribution in [-0.2, 0) is 4.79 Å². The first kappa shape index (κ1) is 19.8. The first-order valence-electron chi connectivity index (χ1n) is 5.99. The molecule has 0 radical (unpaired) electrons. The van der Waals surface area contributed by atoms with E-state index in [1.807, 2.05) is 24.5 Å². The summed E-state index contributed by atoms with van der Waals surface area (Å²) in [5, 5.41) is 1.55. The smallest absolute Gasteiger partial charge is 0.260 e. The molecule has 1 aromatic heterocycles. The zero-order valence-electron chi connectivity index (χ0n) is 12.3. The topological polar surface area (TPSA) is 69.1 Å². The second-order valence-electron chi connectivity index (χ2n) is 3.87. The third kappa shape index (κ3) is 6.48. The fourth-order valence-electron chi connectivity index (χ4n) is 1.53. The van der Waals surface area contributed by atoms with E-state index in [1.54, 1.807) is 18.3 Å². The highest BCUT2D eigenvalue weighted by Crippen LogP contribution is 2.27. The summed E-state index contributed by atoms with van der Waals surface area (Å²) in [5.74, 6) is 14.5. The molecule has 1 heterocycles. The van der Waals surface area contributed by atoms with Crippen molar-refractivity contribution in [1.29, 1.82) is 0 Å². The normalized spacial score (nSPS) is 9.86. The van der Waals surface area contributed by atoms with Gasteiger partial charge in [-0.3, -0.25) is 9.59 Å². The molecule has 0 saturated carbocycles. The number of Topliss-reactive ketones (excluding diaryl/α,β-unsaturated/α-hetero) is 1. The zero-order valence-corrected chi connectivity index (χ0v) is 14.0. The van der Waals surface area contributed by atoms with Crippen LogP contribution in [0, 0.1) is 42.4 Å². The fourth-order valence-corrected chi connectivity index (χ4v) is 2.57. The number of fused-ring (bicyclic) bond motifs is 1. The second kappa shape index (κ2) is 10.5. The minimum absolute atomic E-state index is 0. The Hall–Kier alpha value is -2.23. The van der Waals surface area contributed by atoms with E-state index in [1.165, 1.54) is 0 Å². The molecule has 0 unspecified atom stereocenters. The molecule has 112 valence electrons. The lowest BCUT2D eigenvalue weighted by Gasteiger charge is -2.03. The quantitative estimate of drug-likeness (QED) is 0.567. The van der Waals surface area contributed by atoms with Crippen molar-refractivity contribution in [3.05, 3.63) is 27.5 Å². The molecule has 5 heteroatoms. The molecule has 22 heavy (non-hydrogen) atoms. The molecule has 3 nitrogen and oxygen atoms in total. The van der Waals surface area contributed by atoms with Crippen molar-refractivity contribution >= 4 is 40.9 Å². The molecule has 0 spiro atoms. The molecule has 0 bridgehead atoms. The number of hydrogen-bond acceptors (Lipinski definition) is 4. The van der Waals surface area contributed by atoms with Crippen LogP contribution in [0.15, 0.2) is 11.5 Å². The Morgan fingerprint density at radius 2 is 1.95 bits per heavy atom. The lowest BCUT2D eigenvalue weighted by molar-refractivity contribution is -0.106. The SMILES string of the molecule is CC#CC#CC#CC(=O)S.Cc1csc2c1C(=O)CC=C2.N. The molecular formula is C17H15NO2S2. The van der Waals surface area contributed by atoms with Crippen molar-refractivity contribution in [1.82, 2.24) is 6.15 Å². The van der Waals surface area contributed by atoms with E-state index in [-0.39, 0.29) is 11.9 Å². The van der Waals surface area contributed by atoms with E-state index >= 15 is 0 Å². The van der Waals surface area contributed by atoms with E-state index < -0.39 is 5.12 Å². The minimum atomic E-state index is -0.487. The van der Waals surface area contributed by atoms with Crippen LogP contribution in [0.5, 0.6) is 0 Å². The predicted molar refractivity (Wildman–Crippen MR) is 95.1 cm³/mol. The Morgan fingerprint density at radius 1 is 1.27 bits per heavy atom. The van der Waals surface area contributed by atoms with E-state index in [9.17, 15) is 9.59 Å². The average Bonchev–Trinajstić information content (AvgIpc) is 2.82. The van der Waals surface area contributed by atoms with Gasteiger partial charge in [0, 0.05) is 16.9 Å². The summed E-state index contributed by atoms with van der Waals surface area (Å²) in [6, 6.07) is 0.